The fourth-order valence-corrected chi connectivity index (χ4v) is 2.84. The van der Waals surface area contributed by atoms with Crippen LogP contribution in [0.2, 0.25) is 0 Å². The predicted molar refractivity (Wildman–Crippen MR) is 99.0 cm³/mol. The van der Waals surface area contributed by atoms with E-state index in [2.05, 4.69) is 32.6 Å². The molecule has 3 aromatic rings. The molecule has 26 heavy (non-hydrogen) atoms. The van der Waals surface area contributed by atoms with Gasteiger partial charge in [-0.15, -0.1) is 0 Å². The van der Waals surface area contributed by atoms with E-state index in [9.17, 15) is 4.79 Å². The first kappa shape index (κ1) is 16.3. The Labute approximate surface area is 150 Å². The molecule has 0 spiro atoms. The third-order valence-corrected chi connectivity index (χ3v) is 4.47. The van der Waals surface area contributed by atoms with Crippen LogP contribution >= 0.6 is 0 Å². The van der Waals surface area contributed by atoms with Crippen LogP contribution in [0.25, 0.3) is 17.3 Å². The van der Waals surface area contributed by atoms with Gasteiger partial charge in [-0.05, 0) is 33.6 Å². The highest BCUT2D eigenvalue weighted by Crippen LogP contribution is 2.40. The quantitative estimate of drug-likeness (QED) is 0.730. The topological polar surface area (TPSA) is 97.9 Å². The van der Waals surface area contributed by atoms with Gasteiger partial charge in [-0.2, -0.15) is 5.10 Å². The Bertz CT molecular complexity index is 1010. The van der Waals surface area contributed by atoms with Crippen LogP contribution in [-0.4, -0.2) is 31.2 Å². The molecular formula is C18H20N6O2. The smallest absolute Gasteiger partial charge is 0.260 e. The van der Waals surface area contributed by atoms with Gasteiger partial charge in [0.2, 0.25) is 5.71 Å². The number of nitrogens with zero attached hydrogens (tertiary/aromatic N) is 4. The maximum absolute atomic E-state index is 12.9. The van der Waals surface area contributed by atoms with Crippen LogP contribution < -0.4 is 10.6 Å². The Morgan fingerprint density at radius 3 is 2.92 bits per heavy atom. The molecule has 2 N–H and O–H groups in total. The molecule has 0 bridgehead atoms. The van der Waals surface area contributed by atoms with E-state index in [1.165, 1.54) is 6.33 Å². The zero-order valence-electron chi connectivity index (χ0n) is 14.9. The molecule has 0 saturated heterocycles. The van der Waals surface area contributed by atoms with Crippen molar-refractivity contribution in [2.75, 3.05) is 10.6 Å². The number of nitrogens with one attached hydrogen (secondary N) is 2. The van der Waals surface area contributed by atoms with Gasteiger partial charge in [-0.1, -0.05) is 6.08 Å². The maximum atomic E-state index is 12.9. The Kier molecular flexibility index (Phi) is 3.75. The van der Waals surface area contributed by atoms with E-state index in [1.807, 2.05) is 13.0 Å². The van der Waals surface area contributed by atoms with Crippen LogP contribution in [0.5, 0.6) is 0 Å². The Balaban J connectivity index is 1.70. The van der Waals surface area contributed by atoms with E-state index in [4.69, 9.17) is 4.42 Å². The number of furan rings is 1. The standard InChI is InChI=1S/C18H20N6O2/c1-4-7-24-9-12(8-21-24)22-16(25)13-11(2)26-17-14(13)15(19-10-20-17)23-18(3)5-6-18/h4,7-10H,5-6H2,1-3H3,(H,22,25)(H,19,20,23)/b7-4+. The number of aromatic nitrogens is 4. The number of anilines is 2. The monoisotopic (exact) mass is 352 g/mol. The molecular weight excluding hydrogens is 332 g/mol. The van der Waals surface area contributed by atoms with Gasteiger partial charge in [0.15, 0.2) is 0 Å². The summed E-state index contributed by atoms with van der Waals surface area (Å²) >= 11 is 0. The van der Waals surface area contributed by atoms with Gasteiger partial charge in [-0.3, -0.25) is 4.79 Å². The molecule has 1 fully saturated rings. The van der Waals surface area contributed by atoms with E-state index in [0.717, 1.165) is 12.8 Å². The number of fused-ring (bicyclic) bond motifs is 1. The van der Waals surface area contributed by atoms with Crippen molar-refractivity contribution in [2.45, 2.75) is 39.2 Å². The largest absolute Gasteiger partial charge is 0.442 e. The molecule has 0 aliphatic heterocycles. The van der Waals surface area contributed by atoms with Gasteiger partial charge in [0.1, 0.15) is 17.9 Å². The second-order valence-electron chi connectivity index (χ2n) is 6.77. The van der Waals surface area contributed by atoms with Crippen molar-refractivity contribution in [1.82, 2.24) is 19.7 Å². The SMILES string of the molecule is C/C=C/n1cc(NC(=O)c2c(C)oc3ncnc(NC4(C)CC4)c23)cn1. The summed E-state index contributed by atoms with van der Waals surface area (Å²) in [5, 5.41) is 11.0. The average Bonchev–Trinajstić information content (AvgIpc) is 3.01. The minimum Gasteiger partial charge on any atom is -0.442 e. The number of allylic oxidation sites excluding steroid dienone is 1. The average molecular weight is 352 g/mol. The Morgan fingerprint density at radius 1 is 1.38 bits per heavy atom. The van der Waals surface area contributed by atoms with Crippen molar-refractivity contribution in [3.8, 4) is 0 Å². The number of hydrogen-bond donors (Lipinski definition) is 2. The molecule has 1 amide bonds. The van der Waals surface area contributed by atoms with Crippen LogP contribution in [0, 0.1) is 6.92 Å². The molecule has 0 radical (unpaired) electrons. The Morgan fingerprint density at radius 2 is 2.19 bits per heavy atom. The maximum Gasteiger partial charge on any atom is 0.260 e. The molecule has 3 aromatic heterocycles. The summed E-state index contributed by atoms with van der Waals surface area (Å²) < 4.78 is 7.32. The molecule has 1 aliphatic carbocycles. The van der Waals surface area contributed by atoms with Gasteiger partial charge >= 0.3 is 0 Å². The van der Waals surface area contributed by atoms with Crippen LogP contribution in [0.4, 0.5) is 11.5 Å². The molecule has 0 unspecified atom stereocenters. The third-order valence-electron chi connectivity index (χ3n) is 4.47. The number of amides is 1. The van der Waals surface area contributed by atoms with Crippen LogP contribution in [0.3, 0.4) is 0 Å². The zero-order chi connectivity index (χ0) is 18.3. The van der Waals surface area contributed by atoms with Crippen LogP contribution in [0.1, 0.15) is 42.8 Å². The third kappa shape index (κ3) is 2.94. The molecule has 8 nitrogen and oxygen atoms in total. The van der Waals surface area contributed by atoms with Gasteiger partial charge in [0.05, 0.1) is 29.0 Å². The molecule has 0 aromatic carbocycles. The minimum absolute atomic E-state index is 0.0217. The summed E-state index contributed by atoms with van der Waals surface area (Å²) in [7, 11) is 0. The highest BCUT2D eigenvalue weighted by molar-refractivity contribution is 6.15. The molecule has 1 aliphatic rings. The van der Waals surface area contributed by atoms with Crippen LogP contribution in [0.15, 0.2) is 29.2 Å². The summed E-state index contributed by atoms with van der Waals surface area (Å²) in [5.74, 6) is 0.851. The normalized spacial score (nSPS) is 15.5. The van der Waals surface area contributed by atoms with E-state index in [-0.39, 0.29) is 11.4 Å². The minimum atomic E-state index is -0.278. The fraction of sp³-hybridized carbons (Fsp3) is 0.333. The van der Waals surface area contributed by atoms with Crippen molar-refractivity contribution in [1.29, 1.82) is 0 Å². The van der Waals surface area contributed by atoms with Gasteiger partial charge < -0.3 is 15.1 Å². The number of rotatable bonds is 5. The lowest BCUT2D eigenvalue weighted by Crippen LogP contribution is -2.18. The second-order valence-corrected chi connectivity index (χ2v) is 6.77. The summed E-state index contributed by atoms with van der Waals surface area (Å²) in [6.45, 7) is 5.78. The first-order valence-electron chi connectivity index (χ1n) is 8.50. The van der Waals surface area contributed by atoms with Crippen molar-refractivity contribution < 1.29 is 9.21 Å². The van der Waals surface area contributed by atoms with E-state index in [1.54, 1.807) is 30.2 Å². The van der Waals surface area contributed by atoms with Crippen molar-refractivity contribution in [2.24, 2.45) is 0 Å². The predicted octanol–water partition coefficient (Wildman–Crippen LogP) is 3.44. The lowest BCUT2D eigenvalue weighted by molar-refractivity contribution is 0.102. The van der Waals surface area contributed by atoms with Gasteiger partial charge in [0.25, 0.3) is 5.91 Å². The number of carbonyl (C=O) groups is 1. The lowest BCUT2D eigenvalue weighted by atomic mass is 10.1. The summed E-state index contributed by atoms with van der Waals surface area (Å²) in [6.07, 6.45) is 10.6. The highest BCUT2D eigenvalue weighted by Gasteiger charge is 2.38. The number of carbonyl (C=O) groups excluding carboxylic acids is 1. The van der Waals surface area contributed by atoms with E-state index in [0.29, 0.717) is 33.9 Å². The summed E-state index contributed by atoms with van der Waals surface area (Å²) in [5.41, 5.74) is 1.46. The molecule has 8 heteroatoms. The van der Waals surface area contributed by atoms with Crippen molar-refractivity contribution in [3.63, 3.8) is 0 Å². The zero-order valence-corrected chi connectivity index (χ0v) is 14.9. The van der Waals surface area contributed by atoms with Gasteiger partial charge in [0, 0.05) is 11.7 Å². The Hall–Kier alpha value is -3.16. The summed E-state index contributed by atoms with van der Waals surface area (Å²) in [6, 6.07) is 0. The van der Waals surface area contributed by atoms with Gasteiger partial charge in [-0.25, -0.2) is 14.6 Å². The van der Waals surface area contributed by atoms with Crippen LogP contribution in [-0.2, 0) is 0 Å². The number of aryl methyl sites for hydroxylation is 1. The molecule has 4 rings (SSSR count). The highest BCUT2D eigenvalue weighted by atomic mass is 16.3. The molecule has 1 saturated carbocycles. The van der Waals surface area contributed by atoms with E-state index >= 15 is 0 Å². The molecule has 3 heterocycles. The fourth-order valence-electron chi connectivity index (χ4n) is 2.84. The number of hydrogen-bond acceptors (Lipinski definition) is 6. The lowest BCUT2D eigenvalue weighted by Gasteiger charge is -2.13. The molecule has 0 atom stereocenters. The molecule has 134 valence electrons. The van der Waals surface area contributed by atoms with Crippen molar-refractivity contribution >= 4 is 34.7 Å². The second kappa shape index (κ2) is 5.98. The van der Waals surface area contributed by atoms with Crippen molar-refractivity contribution in [3.05, 3.63) is 36.1 Å². The first-order valence-corrected chi connectivity index (χ1v) is 8.50. The summed E-state index contributed by atoms with van der Waals surface area (Å²) in [4.78, 5) is 21.4. The first-order chi connectivity index (χ1) is 12.5. The van der Waals surface area contributed by atoms with E-state index < -0.39 is 0 Å².